The van der Waals surface area contributed by atoms with Crippen LogP contribution in [0.3, 0.4) is 0 Å². The van der Waals surface area contributed by atoms with Gasteiger partial charge in [0.05, 0.1) is 10.5 Å². The molecular weight excluding hydrogens is 467 g/mol. The van der Waals surface area contributed by atoms with Crippen molar-refractivity contribution in [3.8, 4) is 0 Å². The highest BCUT2D eigenvalue weighted by Gasteiger charge is 2.30. The van der Waals surface area contributed by atoms with Crippen LogP contribution in [0.25, 0.3) is 0 Å². The van der Waals surface area contributed by atoms with Crippen molar-refractivity contribution in [3.05, 3.63) is 65.2 Å². The molecule has 2 aromatic carbocycles. The Morgan fingerprint density at radius 1 is 0.794 bits per heavy atom. The van der Waals surface area contributed by atoms with Gasteiger partial charge in [-0.15, -0.1) is 0 Å². The van der Waals surface area contributed by atoms with Gasteiger partial charge in [0, 0.05) is 51.4 Å². The van der Waals surface area contributed by atoms with Crippen LogP contribution >= 0.6 is 0 Å². The number of piperazine rings is 1. The van der Waals surface area contributed by atoms with Crippen LogP contribution in [0.4, 0.5) is 13.2 Å². The highest BCUT2D eigenvalue weighted by molar-refractivity contribution is 7.89. The Morgan fingerprint density at radius 2 is 1.38 bits per heavy atom. The van der Waals surface area contributed by atoms with Gasteiger partial charge in [0.1, 0.15) is 0 Å². The molecule has 2 heterocycles. The summed E-state index contributed by atoms with van der Waals surface area (Å²) in [7, 11) is -3.54. The average Bonchev–Trinajstić information content (AvgIpc) is 2.84. The number of hydrogen-bond acceptors (Lipinski definition) is 4. The van der Waals surface area contributed by atoms with Gasteiger partial charge in [-0.2, -0.15) is 17.5 Å². The fraction of sp³-hybridized carbons (Fsp3) is 0.458. The van der Waals surface area contributed by atoms with Crippen molar-refractivity contribution >= 4 is 15.9 Å². The zero-order chi connectivity index (χ0) is 24.3. The van der Waals surface area contributed by atoms with Crippen molar-refractivity contribution in [2.24, 2.45) is 0 Å². The lowest BCUT2D eigenvalue weighted by Crippen LogP contribution is -2.48. The average molecular weight is 496 g/mol. The number of benzene rings is 2. The van der Waals surface area contributed by atoms with Crippen molar-refractivity contribution in [2.75, 3.05) is 39.3 Å². The van der Waals surface area contributed by atoms with Gasteiger partial charge in [-0.05, 0) is 54.8 Å². The summed E-state index contributed by atoms with van der Waals surface area (Å²) in [6.45, 7) is 3.77. The minimum Gasteiger partial charge on any atom is -0.336 e. The third kappa shape index (κ3) is 5.61. The number of nitrogens with zero attached hydrogens (tertiary/aromatic N) is 3. The summed E-state index contributed by atoms with van der Waals surface area (Å²) < 4.78 is 65.3. The topological polar surface area (TPSA) is 60.9 Å². The number of amides is 1. The van der Waals surface area contributed by atoms with E-state index in [1.165, 1.54) is 28.6 Å². The maximum Gasteiger partial charge on any atom is 0.416 e. The van der Waals surface area contributed by atoms with Gasteiger partial charge in [0.25, 0.3) is 5.91 Å². The Morgan fingerprint density at radius 3 is 1.94 bits per heavy atom. The van der Waals surface area contributed by atoms with E-state index in [-0.39, 0.29) is 10.8 Å². The lowest BCUT2D eigenvalue weighted by Gasteiger charge is -2.35. The highest BCUT2D eigenvalue weighted by atomic mass is 32.2. The number of alkyl halides is 3. The van der Waals surface area contributed by atoms with E-state index in [0.29, 0.717) is 51.4 Å². The maximum absolute atomic E-state index is 12.9. The number of halogens is 3. The molecule has 2 saturated heterocycles. The summed E-state index contributed by atoms with van der Waals surface area (Å²) in [6.07, 6.45) is -1.58. The van der Waals surface area contributed by atoms with Crippen molar-refractivity contribution in [3.63, 3.8) is 0 Å². The summed E-state index contributed by atoms with van der Waals surface area (Å²) in [6, 6.07) is 11.3. The summed E-state index contributed by atoms with van der Waals surface area (Å²) in [5, 5.41) is 0. The van der Waals surface area contributed by atoms with Gasteiger partial charge in [-0.3, -0.25) is 9.69 Å². The number of rotatable bonds is 5. The second kappa shape index (κ2) is 10.1. The number of carbonyl (C=O) groups is 1. The molecule has 2 aliphatic rings. The molecule has 0 radical (unpaired) electrons. The molecule has 0 N–H and O–H groups in total. The first-order valence-corrected chi connectivity index (χ1v) is 12.9. The zero-order valence-electron chi connectivity index (χ0n) is 18.8. The summed E-state index contributed by atoms with van der Waals surface area (Å²) in [5.74, 6) is -0.156. The van der Waals surface area contributed by atoms with E-state index in [0.717, 1.165) is 37.0 Å². The maximum atomic E-state index is 12.9. The molecule has 184 valence electrons. The van der Waals surface area contributed by atoms with Crippen LogP contribution < -0.4 is 0 Å². The van der Waals surface area contributed by atoms with Gasteiger partial charge < -0.3 is 4.90 Å². The second-order valence-electron chi connectivity index (χ2n) is 8.75. The fourth-order valence-corrected chi connectivity index (χ4v) is 5.89. The van der Waals surface area contributed by atoms with E-state index in [4.69, 9.17) is 0 Å². The first-order chi connectivity index (χ1) is 16.1. The number of hydrogen-bond donors (Lipinski definition) is 0. The molecule has 4 rings (SSSR count). The lowest BCUT2D eigenvalue weighted by molar-refractivity contribution is -0.137. The molecule has 6 nitrogen and oxygen atoms in total. The quantitative estimate of drug-likeness (QED) is 0.633. The van der Waals surface area contributed by atoms with Crippen LogP contribution in [0.15, 0.2) is 53.4 Å². The summed E-state index contributed by atoms with van der Waals surface area (Å²) in [4.78, 5) is 16.9. The Balaban J connectivity index is 1.32. The van der Waals surface area contributed by atoms with Gasteiger partial charge in [-0.1, -0.05) is 18.6 Å². The van der Waals surface area contributed by atoms with Crippen LogP contribution in [0.5, 0.6) is 0 Å². The first kappa shape index (κ1) is 24.7. The largest absolute Gasteiger partial charge is 0.416 e. The van der Waals surface area contributed by atoms with Crippen LogP contribution in [-0.4, -0.2) is 67.7 Å². The number of piperidine rings is 1. The summed E-state index contributed by atoms with van der Waals surface area (Å²) in [5.41, 5.74) is 0.563. The molecule has 34 heavy (non-hydrogen) atoms. The molecule has 0 spiro atoms. The zero-order valence-corrected chi connectivity index (χ0v) is 19.6. The molecule has 0 atom stereocenters. The number of carbonyl (C=O) groups excluding carboxylic acids is 1. The fourth-order valence-electron chi connectivity index (χ4n) is 4.37. The van der Waals surface area contributed by atoms with Crippen LogP contribution in [0.2, 0.25) is 0 Å². The second-order valence-corrected chi connectivity index (χ2v) is 10.7. The molecule has 0 bridgehead atoms. The SMILES string of the molecule is O=C(c1ccc(S(=O)(=O)N2CCCCC2)cc1)N1CCN(Cc2ccc(C(F)(F)F)cc2)CC1. The van der Waals surface area contributed by atoms with Crippen LogP contribution in [-0.2, 0) is 22.7 Å². The number of sulfonamides is 1. The monoisotopic (exact) mass is 495 g/mol. The van der Waals surface area contributed by atoms with E-state index in [1.54, 1.807) is 17.0 Å². The minimum absolute atomic E-state index is 0.156. The predicted octanol–water partition coefficient (Wildman–Crippen LogP) is 3.84. The molecule has 0 unspecified atom stereocenters. The predicted molar refractivity (Wildman–Crippen MR) is 122 cm³/mol. The van der Waals surface area contributed by atoms with E-state index in [1.807, 2.05) is 0 Å². The van der Waals surface area contributed by atoms with Gasteiger partial charge in [-0.25, -0.2) is 8.42 Å². The lowest BCUT2D eigenvalue weighted by atomic mass is 10.1. The molecular formula is C24H28F3N3O3S. The van der Waals surface area contributed by atoms with Crippen LogP contribution in [0, 0.1) is 0 Å². The normalized spacial score (nSPS) is 18.7. The molecule has 0 saturated carbocycles. The van der Waals surface area contributed by atoms with E-state index < -0.39 is 21.8 Å². The third-order valence-corrected chi connectivity index (χ3v) is 8.31. The Labute approximate surface area is 198 Å². The van der Waals surface area contributed by atoms with E-state index in [9.17, 15) is 26.4 Å². The van der Waals surface area contributed by atoms with Crippen LogP contribution in [0.1, 0.15) is 40.7 Å². The highest BCUT2D eigenvalue weighted by Crippen LogP contribution is 2.29. The molecule has 2 aliphatic heterocycles. The molecule has 0 aliphatic carbocycles. The molecule has 2 fully saturated rings. The molecule has 2 aromatic rings. The van der Waals surface area contributed by atoms with Gasteiger partial charge >= 0.3 is 6.18 Å². The van der Waals surface area contributed by atoms with Crippen molar-refractivity contribution < 1.29 is 26.4 Å². The van der Waals surface area contributed by atoms with Crippen molar-refractivity contribution in [1.82, 2.24) is 14.1 Å². The Kier molecular flexibility index (Phi) is 7.30. The Bertz CT molecular complexity index is 1090. The molecule has 1 amide bonds. The smallest absolute Gasteiger partial charge is 0.336 e. The minimum atomic E-state index is -4.35. The summed E-state index contributed by atoms with van der Waals surface area (Å²) >= 11 is 0. The molecule has 10 heteroatoms. The Hall–Kier alpha value is -2.43. The van der Waals surface area contributed by atoms with Gasteiger partial charge in [0.15, 0.2) is 0 Å². The standard InChI is InChI=1S/C24H28F3N3O3S/c25-24(26,27)21-8-4-19(5-9-21)18-28-14-16-29(17-15-28)23(31)20-6-10-22(11-7-20)34(32,33)30-12-2-1-3-13-30/h4-11H,1-3,12-18H2. The first-order valence-electron chi connectivity index (χ1n) is 11.4. The van der Waals surface area contributed by atoms with E-state index in [2.05, 4.69) is 4.90 Å². The third-order valence-electron chi connectivity index (χ3n) is 6.40. The molecule has 0 aromatic heterocycles. The van der Waals surface area contributed by atoms with Gasteiger partial charge in [0.2, 0.25) is 10.0 Å². The van der Waals surface area contributed by atoms with Crippen molar-refractivity contribution in [1.29, 1.82) is 0 Å². The van der Waals surface area contributed by atoms with E-state index >= 15 is 0 Å². The van der Waals surface area contributed by atoms with Crippen molar-refractivity contribution in [2.45, 2.75) is 36.9 Å².